The number of hydrogen-bond donors (Lipinski definition) is 1. The molecule has 0 bridgehead atoms. The van der Waals surface area contributed by atoms with Gasteiger partial charge in [-0.1, -0.05) is 0 Å². The van der Waals surface area contributed by atoms with Crippen LogP contribution in [0.2, 0.25) is 0 Å². The zero-order valence-electron chi connectivity index (χ0n) is 6.10. The van der Waals surface area contributed by atoms with Crippen molar-refractivity contribution >= 4 is 31.9 Å². The third-order valence-corrected chi connectivity index (χ3v) is 3.22. The zero-order chi connectivity index (χ0) is 10.0. The lowest BCUT2D eigenvalue weighted by Gasteiger charge is -2.09. The number of phenolic OH excluding ortho intramolecular Hbond substituents is 1. The average molecular weight is 318 g/mol. The van der Waals surface area contributed by atoms with Gasteiger partial charge < -0.3 is 9.84 Å². The second kappa shape index (κ2) is 4.23. The van der Waals surface area contributed by atoms with Crippen LogP contribution in [0.5, 0.6) is 11.5 Å². The van der Waals surface area contributed by atoms with E-state index in [-0.39, 0.29) is 16.0 Å². The van der Waals surface area contributed by atoms with Crippen molar-refractivity contribution in [2.45, 2.75) is 6.61 Å². The molecule has 0 radical (unpaired) electrons. The third kappa shape index (κ3) is 2.54. The van der Waals surface area contributed by atoms with Crippen molar-refractivity contribution in [2.75, 3.05) is 0 Å². The molecule has 6 heteroatoms. The monoisotopic (exact) mass is 316 g/mol. The number of rotatable bonds is 2. The highest BCUT2D eigenvalue weighted by Gasteiger charge is 2.14. The van der Waals surface area contributed by atoms with E-state index < -0.39 is 6.61 Å². The average Bonchev–Trinajstić information content (AvgIpc) is 2.05. The summed E-state index contributed by atoms with van der Waals surface area (Å²) < 4.78 is 28.6. The maximum atomic E-state index is 11.8. The minimum atomic E-state index is -2.96. The van der Waals surface area contributed by atoms with E-state index in [9.17, 15) is 8.78 Å². The molecule has 0 saturated carbocycles. The Morgan fingerprint density at radius 2 is 1.92 bits per heavy atom. The van der Waals surface area contributed by atoms with Gasteiger partial charge in [0.05, 0.1) is 4.47 Å². The standard InChI is InChI=1S/C7H4Br2F2O2/c8-3-1-2-4(12)6(5(3)9)13-7(10)11/h1-2,7,12H. The molecular formula is C7H4Br2F2O2. The fourth-order valence-corrected chi connectivity index (χ4v) is 1.46. The molecule has 2 nitrogen and oxygen atoms in total. The summed E-state index contributed by atoms with van der Waals surface area (Å²) in [6.45, 7) is -2.96. The minimum Gasteiger partial charge on any atom is -0.504 e. The van der Waals surface area contributed by atoms with Gasteiger partial charge in [-0.25, -0.2) is 0 Å². The molecule has 0 aromatic heterocycles. The van der Waals surface area contributed by atoms with Crippen molar-refractivity contribution in [3.8, 4) is 11.5 Å². The first kappa shape index (κ1) is 10.7. The fraction of sp³-hybridized carbons (Fsp3) is 0.143. The van der Waals surface area contributed by atoms with Crippen molar-refractivity contribution in [2.24, 2.45) is 0 Å². The van der Waals surface area contributed by atoms with Crippen molar-refractivity contribution in [3.63, 3.8) is 0 Å². The molecule has 0 atom stereocenters. The molecule has 72 valence electrons. The van der Waals surface area contributed by atoms with Crippen LogP contribution in [0.4, 0.5) is 8.78 Å². The van der Waals surface area contributed by atoms with Gasteiger partial charge in [0.2, 0.25) is 0 Å². The first-order valence-electron chi connectivity index (χ1n) is 3.14. The Hall–Kier alpha value is -0.360. The molecule has 0 amide bonds. The van der Waals surface area contributed by atoms with Crippen LogP contribution in [0, 0.1) is 0 Å². The molecule has 0 unspecified atom stereocenters. The predicted octanol–water partition coefficient (Wildman–Crippen LogP) is 3.52. The van der Waals surface area contributed by atoms with Gasteiger partial charge in [0, 0.05) is 4.47 Å². The predicted molar refractivity (Wildman–Crippen MR) is 50.1 cm³/mol. The molecule has 1 aromatic rings. The first-order valence-corrected chi connectivity index (χ1v) is 4.72. The van der Waals surface area contributed by atoms with E-state index in [1.165, 1.54) is 12.1 Å². The van der Waals surface area contributed by atoms with E-state index in [2.05, 4.69) is 36.6 Å². The summed E-state index contributed by atoms with van der Waals surface area (Å²) in [6.07, 6.45) is 0. The molecule has 0 spiro atoms. The molecule has 1 N–H and O–H groups in total. The maximum absolute atomic E-state index is 11.8. The summed E-state index contributed by atoms with van der Waals surface area (Å²) in [7, 11) is 0. The van der Waals surface area contributed by atoms with Crippen LogP contribution in [0.25, 0.3) is 0 Å². The summed E-state index contributed by atoms with van der Waals surface area (Å²) >= 11 is 6.08. The smallest absolute Gasteiger partial charge is 0.387 e. The van der Waals surface area contributed by atoms with E-state index in [1.807, 2.05) is 0 Å². The highest BCUT2D eigenvalue weighted by Crippen LogP contribution is 2.40. The molecule has 13 heavy (non-hydrogen) atoms. The van der Waals surface area contributed by atoms with Gasteiger partial charge in [0.15, 0.2) is 11.5 Å². The lowest BCUT2D eigenvalue weighted by atomic mass is 10.3. The Morgan fingerprint density at radius 3 is 2.46 bits per heavy atom. The summed E-state index contributed by atoms with van der Waals surface area (Å²) in [5.41, 5.74) is 0. The Morgan fingerprint density at radius 1 is 1.31 bits per heavy atom. The van der Waals surface area contributed by atoms with E-state index in [0.29, 0.717) is 4.47 Å². The lowest BCUT2D eigenvalue weighted by Crippen LogP contribution is -2.02. The Labute approximate surface area is 89.8 Å². The Bertz CT molecular complexity index is 318. The Balaban J connectivity index is 3.10. The Kier molecular flexibility index (Phi) is 3.49. The van der Waals surface area contributed by atoms with Crippen LogP contribution >= 0.6 is 31.9 Å². The van der Waals surface area contributed by atoms with E-state index in [4.69, 9.17) is 5.11 Å². The number of alkyl halides is 2. The van der Waals surface area contributed by atoms with Crippen molar-refractivity contribution in [3.05, 3.63) is 21.1 Å². The van der Waals surface area contributed by atoms with Crippen molar-refractivity contribution in [1.82, 2.24) is 0 Å². The van der Waals surface area contributed by atoms with E-state index in [1.54, 1.807) is 0 Å². The lowest BCUT2D eigenvalue weighted by molar-refractivity contribution is -0.0518. The molecule has 0 heterocycles. The number of benzene rings is 1. The van der Waals surface area contributed by atoms with Gasteiger partial charge in [0.25, 0.3) is 0 Å². The van der Waals surface area contributed by atoms with Gasteiger partial charge in [0.1, 0.15) is 0 Å². The highest BCUT2D eigenvalue weighted by molar-refractivity contribution is 9.13. The second-order valence-corrected chi connectivity index (χ2v) is 3.74. The summed E-state index contributed by atoms with van der Waals surface area (Å²) in [5, 5.41) is 9.16. The molecule has 0 aliphatic carbocycles. The van der Waals surface area contributed by atoms with E-state index in [0.717, 1.165) is 0 Å². The fourth-order valence-electron chi connectivity index (χ4n) is 0.723. The minimum absolute atomic E-state index is 0.257. The van der Waals surface area contributed by atoms with Crippen LogP contribution < -0.4 is 4.74 Å². The van der Waals surface area contributed by atoms with Crippen molar-refractivity contribution in [1.29, 1.82) is 0 Å². The normalized spacial score (nSPS) is 10.5. The number of ether oxygens (including phenoxy) is 1. The third-order valence-electron chi connectivity index (χ3n) is 1.24. The van der Waals surface area contributed by atoms with Crippen LogP contribution in [0.15, 0.2) is 21.1 Å². The molecule has 0 fully saturated rings. The SMILES string of the molecule is Oc1ccc(Br)c(Br)c1OC(F)F. The number of phenols is 1. The van der Waals surface area contributed by atoms with Crippen LogP contribution in [0.1, 0.15) is 0 Å². The van der Waals surface area contributed by atoms with Crippen LogP contribution in [-0.4, -0.2) is 11.7 Å². The zero-order valence-corrected chi connectivity index (χ0v) is 9.27. The second-order valence-electron chi connectivity index (χ2n) is 2.09. The summed E-state index contributed by atoms with van der Waals surface area (Å²) in [5.74, 6) is -0.611. The summed E-state index contributed by atoms with van der Waals surface area (Å²) in [4.78, 5) is 0. The van der Waals surface area contributed by atoms with Gasteiger partial charge in [-0.2, -0.15) is 8.78 Å². The number of halogens is 4. The van der Waals surface area contributed by atoms with Crippen LogP contribution in [0.3, 0.4) is 0 Å². The van der Waals surface area contributed by atoms with Crippen molar-refractivity contribution < 1.29 is 18.6 Å². The van der Waals surface area contributed by atoms with Gasteiger partial charge in [-0.05, 0) is 44.0 Å². The van der Waals surface area contributed by atoms with Gasteiger partial charge in [-0.3, -0.25) is 0 Å². The molecule has 0 aliphatic heterocycles. The topological polar surface area (TPSA) is 29.5 Å². The maximum Gasteiger partial charge on any atom is 0.387 e. The first-order chi connectivity index (χ1) is 6.02. The molecule has 0 aliphatic rings. The molecule has 1 aromatic carbocycles. The largest absolute Gasteiger partial charge is 0.504 e. The summed E-state index contributed by atoms with van der Waals surface area (Å²) in [6, 6.07) is 2.77. The molecule has 1 rings (SSSR count). The van der Waals surface area contributed by atoms with E-state index >= 15 is 0 Å². The number of aromatic hydroxyl groups is 1. The molecule has 0 saturated heterocycles. The quantitative estimate of drug-likeness (QED) is 0.904. The van der Waals surface area contributed by atoms with Gasteiger partial charge in [-0.15, -0.1) is 0 Å². The number of hydrogen-bond acceptors (Lipinski definition) is 2. The molecular weight excluding hydrogens is 314 g/mol. The van der Waals surface area contributed by atoms with Crippen LogP contribution in [-0.2, 0) is 0 Å². The van der Waals surface area contributed by atoms with Gasteiger partial charge >= 0.3 is 6.61 Å². The highest BCUT2D eigenvalue weighted by atomic mass is 79.9.